The van der Waals surface area contributed by atoms with Crippen molar-refractivity contribution < 1.29 is 14.0 Å². The predicted octanol–water partition coefficient (Wildman–Crippen LogP) is 2.16. The van der Waals surface area contributed by atoms with Crippen LogP contribution < -0.4 is 5.32 Å². The van der Waals surface area contributed by atoms with Crippen LogP contribution in [0.25, 0.3) is 0 Å². The Morgan fingerprint density at radius 2 is 2.19 bits per heavy atom. The quantitative estimate of drug-likeness (QED) is 0.842. The van der Waals surface area contributed by atoms with Crippen LogP contribution in [0.4, 0.5) is 10.2 Å². The highest BCUT2D eigenvalue weighted by atomic mass is 19.1. The van der Waals surface area contributed by atoms with Crippen LogP contribution >= 0.6 is 0 Å². The summed E-state index contributed by atoms with van der Waals surface area (Å²) in [6.45, 7) is 0.676. The number of rotatable bonds is 5. The second-order valence-electron chi connectivity index (χ2n) is 7.16. The molecular formula is C19H24FN5O2. The Balaban J connectivity index is 1.80. The van der Waals surface area contributed by atoms with Crippen molar-refractivity contribution in [2.24, 2.45) is 5.92 Å². The minimum atomic E-state index is -0.512. The van der Waals surface area contributed by atoms with Crippen molar-refractivity contribution in [1.82, 2.24) is 20.0 Å². The van der Waals surface area contributed by atoms with Crippen LogP contribution in [-0.4, -0.2) is 53.0 Å². The summed E-state index contributed by atoms with van der Waals surface area (Å²) in [6, 6.07) is 7.33. The largest absolute Gasteiger partial charge is 0.338 e. The number of likely N-dealkylation sites (tertiary alicyclic amines) is 1. The highest BCUT2D eigenvalue weighted by molar-refractivity contribution is 5.94. The van der Waals surface area contributed by atoms with Crippen LogP contribution in [0.1, 0.15) is 30.1 Å². The molecule has 1 aliphatic rings. The van der Waals surface area contributed by atoms with Crippen LogP contribution in [0, 0.1) is 11.7 Å². The number of anilines is 1. The van der Waals surface area contributed by atoms with Crippen LogP contribution in [0.5, 0.6) is 0 Å². The van der Waals surface area contributed by atoms with Crippen molar-refractivity contribution in [2.75, 3.05) is 26.5 Å². The lowest BCUT2D eigenvalue weighted by molar-refractivity contribution is -0.140. The summed E-state index contributed by atoms with van der Waals surface area (Å²) in [6.07, 6.45) is 0.692. The number of carbonyl (C=O) groups is 2. The molecule has 8 heteroatoms. The van der Waals surface area contributed by atoms with Gasteiger partial charge in [0.2, 0.25) is 11.8 Å². The van der Waals surface area contributed by atoms with Crippen molar-refractivity contribution in [1.29, 1.82) is 0 Å². The number of hydrogen-bond donors (Lipinski definition) is 2. The molecule has 1 aliphatic heterocycles. The monoisotopic (exact) mass is 373 g/mol. The van der Waals surface area contributed by atoms with E-state index in [0.717, 1.165) is 5.69 Å². The van der Waals surface area contributed by atoms with Crippen LogP contribution in [-0.2, 0) is 16.1 Å². The normalized spacial score (nSPS) is 20.2. The Morgan fingerprint density at radius 1 is 1.41 bits per heavy atom. The average molecular weight is 373 g/mol. The third-order valence-electron chi connectivity index (χ3n) is 4.76. The maximum atomic E-state index is 13.7. The van der Waals surface area contributed by atoms with Crippen LogP contribution in [0.3, 0.4) is 0 Å². The first-order valence-electron chi connectivity index (χ1n) is 8.86. The van der Waals surface area contributed by atoms with Crippen LogP contribution in [0.15, 0.2) is 30.3 Å². The number of nitrogens with zero attached hydrogens (tertiary/aromatic N) is 3. The lowest BCUT2D eigenvalue weighted by Crippen LogP contribution is -2.44. The van der Waals surface area contributed by atoms with E-state index in [2.05, 4.69) is 15.5 Å². The number of hydrogen-bond acceptors (Lipinski definition) is 4. The molecule has 7 nitrogen and oxygen atoms in total. The van der Waals surface area contributed by atoms with Gasteiger partial charge >= 0.3 is 0 Å². The van der Waals surface area contributed by atoms with Gasteiger partial charge in [0.15, 0.2) is 5.82 Å². The molecule has 1 aromatic carbocycles. The zero-order valence-corrected chi connectivity index (χ0v) is 15.7. The van der Waals surface area contributed by atoms with Crippen molar-refractivity contribution in [3.8, 4) is 0 Å². The van der Waals surface area contributed by atoms with Gasteiger partial charge in [-0.1, -0.05) is 12.1 Å². The van der Waals surface area contributed by atoms with Gasteiger partial charge in [0.25, 0.3) is 0 Å². The SMILES string of the molecule is CN(C)Cc1cc(NC(=O)[C@@H]2CCC(=O)N(C)[C@H]2c2cccc(F)c2)n[nH]1. The zero-order valence-electron chi connectivity index (χ0n) is 15.7. The molecule has 1 fully saturated rings. The summed E-state index contributed by atoms with van der Waals surface area (Å²) in [5.74, 6) is -0.718. The highest BCUT2D eigenvalue weighted by Crippen LogP contribution is 2.36. The van der Waals surface area contributed by atoms with Gasteiger partial charge in [-0.25, -0.2) is 4.39 Å². The molecule has 144 valence electrons. The number of halogens is 1. The van der Waals surface area contributed by atoms with Gasteiger partial charge in [-0.05, 0) is 38.2 Å². The molecule has 2 amide bonds. The van der Waals surface area contributed by atoms with Crippen LogP contribution in [0.2, 0.25) is 0 Å². The molecule has 0 unspecified atom stereocenters. The maximum absolute atomic E-state index is 13.7. The molecule has 2 heterocycles. The molecule has 0 saturated carbocycles. The predicted molar refractivity (Wildman–Crippen MR) is 99.2 cm³/mol. The van der Waals surface area contributed by atoms with Crippen molar-refractivity contribution in [3.63, 3.8) is 0 Å². The third-order valence-corrected chi connectivity index (χ3v) is 4.76. The number of carbonyl (C=O) groups excluding carboxylic acids is 2. The number of amides is 2. The van der Waals surface area contributed by atoms with Crippen molar-refractivity contribution >= 4 is 17.6 Å². The topological polar surface area (TPSA) is 81.3 Å². The van der Waals surface area contributed by atoms with Crippen molar-refractivity contribution in [2.45, 2.75) is 25.4 Å². The molecule has 2 atom stereocenters. The molecular weight excluding hydrogens is 349 g/mol. The Morgan fingerprint density at radius 3 is 2.89 bits per heavy atom. The standard InChI is InChI=1S/C19H24FN5O2/c1-24(2)11-14-10-16(23-22-14)21-19(27)15-7-8-17(26)25(3)18(15)12-5-4-6-13(20)9-12/h4-6,9-10,15,18H,7-8,11H2,1-3H3,(H2,21,22,23,27)/t15-,18+/m1/s1. The van der Waals surface area contributed by atoms with Gasteiger partial charge in [-0.15, -0.1) is 0 Å². The number of aromatic nitrogens is 2. The first-order valence-corrected chi connectivity index (χ1v) is 8.86. The second-order valence-corrected chi connectivity index (χ2v) is 7.16. The van der Waals surface area contributed by atoms with Gasteiger partial charge in [-0.2, -0.15) is 5.10 Å². The van der Waals surface area contributed by atoms with E-state index in [-0.39, 0.29) is 18.2 Å². The Kier molecular flexibility index (Phi) is 5.55. The number of aromatic amines is 1. The Bertz CT molecular complexity index is 835. The third kappa shape index (κ3) is 4.33. The van der Waals surface area contributed by atoms with Gasteiger partial charge in [0, 0.05) is 26.1 Å². The van der Waals surface area contributed by atoms with Gasteiger partial charge in [0.1, 0.15) is 5.82 Å². The van der Waals surface area contributed by atoms with E-state index >= 15 is 0 Å². The molecule has 1 saturated heterocycles. The summed E-state index contributed by atoms with van der Waals surface area (Å²) in [5, 5.41) is 9.84. The number of nitrogens with one attached hydrogen (secondary N) is 2. The minimum Gasteiger partial charge on any atom is -0.338 e. The smallest absolute Gasteiger partial charge is 0.231 e. The first kappa shape index (κ1) is 19.0. The van der Waals surface area contributed by atoms with Gasteiger partial charge in [0.05, 0.1) is 17.7 Å². The van der Waals surface area contributed by atoms with E-state index < -0.39 is 17.8 Å². The molecule has 0 spiro atoms. The van der Waals surface area contributed by atoms with E-state index in [1.165, 1.54) is 17.0 Å². The van der Waals surface area contributed by atoms with E-state index in [1.807, 2.05) is 19.0 Å². The molecule has 0 radical (unpaired) electrons. The molecule has 27 heavy (non-hydrogen) atoms. The van der Waals surface area contributed by atoms with E-state index in [4.69, 9.17) is 0 Å². The summed E-state index contributed by atoms with van der Waals surface area (Å²) in [4.78, 5) is 28.6. The summed E-state index contributed by atoms with van der Waals surface area (Å²) in [7, 11) is 5.54. The fourth-order valence-corrected chi connectivity index (χ4v) is 3.53. The molecule has 0 aliphatic carbocycles. The van der Waals surface area contributed by atoms with E-state index in [1.54, 1.807) is 25.2 Å². The van der Waals surface area contributed by atoms with Gasteiger partial charge in [-0.3, -0.25) is 14.7 Å². The zero-order chi connectivity index (χ0) is 19.6. The summed E-state index contributed by atoms with van der Waals surface area (Å²) in [5.41, 5.74) is 1.49. The molecule has 2 aromatic rings. The Hall–Kier alpha value is -2.74. The molecule has 2 N–H and O–H groups in total. The summed E-state index contributed by atoms with van der Waals surface area (Å²) < 4.78 is 13.7. The summed E-state index contributed by atoms with van der Waals surface area (Å²) >= 11 is 0. The number of H-pyrrole nitrogens is 1. The average Bonchev–Trinajstić information content (AvgIpc) is 3.03. The lowest BCUT2D eigenvalue weighted by atomic mass is 9.84. The van der Waals surface area contributed by atoms with E-state index in [0.29, 0.717) is 24.3 Å². The molecule has 1 aromatic heterocycles. The second kappa shape index (κ2) is 7.87. The maximum Gasteiger partial charge on any atom is 0.231 e. The van der Waals surface area contributed by atoms with Gasteiger partial charge < -0.3 is 15.1 Å². The highest BCUT2D eigenvalue weighted by Gasteiger charge is 2.39. The van der Waals surface area contributed by atoms with Crippen molar-refractivity contribution in [3.05, 3.63) is 47.4 Å². The van der Waals surface area contributed by atoms with E-state index in [9.17, 15) is 14.0 Å². The number of benzene rings is 1. The lowest BCUT2D eigenvalue weighted by Gasteiger charge is -2.38. The molecule has 3 rings (SSSR count). The molecule has 0 bridgehead atoms. The number of piperidine rings is 1. The Labute approximate surface area is 157 Å². The fraction of sp³-hybridized carbons (Fsp3) is 0.421. The first-order chi connectivity index (χ1) is 12.8. The fourth-order valence-electron chi connectivity index (χ4n) is 3.53. The minimum absolute atomic E-state index is 0.0543.